The number of thiophene rings is 1. The Morgan fingerprint density at radius 2 is 1.93 bits per heavy atom. The summed E-state index contributed by atoms with van der Waals surface area (Å²) in [6.45, 7) is 5.39. The molecule has 1 aromatic carbocycles. The molecule has 0 saturated heterocycles. The van der Waals surface area contributed by atoms with Crippen LogP contribution in [0, 0.1) is 5.82 Å². The van der Waals surface area contributed by atoms with Gasteiger partial charge in [-0.2, -0.15) is 0 Å². The second-order valence-corrected chi connectivity index (χ2v) is 8.51. The van der Waals surface area contributed by atoms with E-state index in [9.17, 15) is 14.0 Å². The summed E-state index contributed by atoms with van der Waals surface area (Å²) < 4.78 is 13.5. The van der Waals surface area contributed by atoms with Gasteiger partial charge in [0.1, 0.15) is 5.82 Å². The van der Waals surface area contributed by atoms with Crippen molar-refractivity contribution in [3.63, 3.8) is 0 Å². The summed E-state index contributed by atoms with van der Waals surface area (Å²) in [5.41, 5.74) is 2.01. The summed E-state index contributed by atoms with van der Waals surface area (Å²) in [5, 5.41) is 2.05. The van der Waals surface area contributed by atoms with Crippen molar-refractivity contribution in [2.24, 2.45) is 0 Å². The Labute approximate surface area is 176 Å². The van der Waals surface area contributed by atoms with Crippen molar-refractivity contribution in [3.8, 4) is 0 Å². The second kappa shape index (κ2) is 10.0. The maximum Gasteiger partial charge on any atom is 0.242 e. The van der Waals surface area contributed by atoms with E-state index in [1.807, 2.05) is 17.2 Å². The maximum atomic E-state index is 13.5. The molecule has 1 aliphatic heterocycles. The Morgan fingerprint density at radius 1 is 1.17 bits per heavy atom. The number of carbonyl (C=O) groups is 2. The van der Waals surface area contributed by atoms with Gasteiger partial charge in [-0.3, -0.25) is 9.59 Å². The van der Waals surface area contributed by atoms with Gasteiger partial charge in [0.05, 0.1) is 12.6 Å². The summed E-state index contributed by atoms with van der Waals surface area (Å²) in [5.74, 6) is -0.290. The van der Waals surface area contributed by atoms with Crippen molar-refractivity contribution < 1.29 is 14.0 Å². The third kappa shape index (κ3) is 5.04. The van der Waals surface area contributed by atoms with E-state index < -0.39 is 0 Å². The Kier molecular flexibility index (Phi) is 7.42. The van der Waals surface area contributed by atoms with E-state index in [-0.39, 0.29) is 30.2 Å². The number of unbranched alkanes of at least 4 members (excludes halogenated alkanes) is 1. The van der Waals surface area contributed by atoms with E-state index in [4.69, 9.17) is 0 Å². The Hall–Kier alpha value is -2.21. The van der Waals surface area contributed by atoms with Crippen molar-refractivity contribution in [2.75, 3.05) is 19.6 Å². The number of benzene rings is 1. The van der Waals surface area contributed by atoms with Crippen molar-refractivity contribution in [3.05, 3.63) is 57.5 Å². The lowest BCUT2D eigenvalue weighted by molar-refractivity contribution is -0.141. The molecule has 0 N–H and O–H groups in total. The molecule has 0 saturated carbocycles. The van der Waals surface area contributed by atoms with E-state index in [0.29, 0.717) is 19.5 Å². The van der Waals surface area contributed by atoms with Gasteiger partial charge in [0.2, 0.25) is 11.8 Å². The van der Waals surface area contributed by atoms with Crippen LogP contribution in [0.2, 0.25) is 0 Å². The first kappa shape index (κ1) is 21.5. The molecule has 0 aliphatic carbocycles. The minimum Gasteiger partial charge on any atom is -0.333 e. The molecule has 1 aliphatic rings. The van der Waals surface area contributed by atoms with E-state index >= 15 is 0 Å². The standard InChI is InChI=1S/C23H29FN2O2S/c1-3-5-13-25(21(27)6-4-2)16-22(28)26-14-11-20-19(12-15-29-20)23(26)17-7-9-18(24)10-8-17/h7-10,12,15,23H,3-6,11,13-14,16H2,1-2H3/t23-/m0/s1. The summed E-state index contributed by atoms with van der Waals surface area (Å²) in [6, 6.07) is 8.22. The Bertz CT molecular complexity index is 834. The topological polar surface area (TPSA) is 40.6 Å². The quantitative estimate of drug-likeness (QED) is 0.621. The normalized spacial score (nSPS) is 15.8. The molecule has 0 unspecified atom stereocenters. The fourth-order valence-electron chi connectivity index (χ4n) is 3.86. The highest BCUT2D eigenvalue weighted by atomic mass is 32.1. The minimum atomic E-state index is -0.288. The number of rotatable bonds is 8. The van der Waals surface area contributed by atoms with Gasteiger partial charge < -0.3 is 9.80 Å². The molecular weight excluding hydrogens is 387 g/mol. The van der Waals surface area contributed by atoms with Crippen LogP contribution in [0.5, 0.6) is 0 Å². The lowest BCUT2D eigenvalue weighted by Crippen LogP contribution is -2.47. The first-order valence-electron chi connectivity index (χ1n) is 10.4. The fraction of sp³-hybridized carbons (Fsp3) is 0.478. The average molecular weight is 417 g/mol. The number of fused-ring (bicyclic) bond motifs is 1. The van der Waals surface area contributed by atoms with Crippen LogP contribution in [0.1, 0.15) is 61.6 Å². The van der Waals surface area contributed by atoms with Gasteiger partial charge in [-0.15, -0.1) is 11.3 Å². The molecule has 1 atom stereocenters. The number of amides is 2. The van der Waals surface area contributed by atoms with Crippen LogP contribution in [0.4, 0.5) is 4.39 Å². The summed E-state index contributed by atoms with van der Waals surface area (Å²) in [7, 11) is 0. The molecule has 156 valence electrons. The lowest BCUT2D eigenvalue weighted by Gasteiger charge is -2.37. The van der Waals surface area contributed by atoms with Gasteiger partial charge in [0.25, 0.3) is 0 Å². The highest BCUT2D eigenvalue weighted by molar-refractivity contribution is 7.10. The Morgan fingerprint density at radius 3 is 2.62 bits per heavy atom. The monoisotopic (exact) mass is 416 g/mol. The predicted octanol–water partition coefficient (Wildman–Crippen LogP) is 4.79. The summed E-state index contributed by atoms with van der Waals surface area (Å²) >= 11 is 1.70. The van der Waals surface area contributed by atoms with Crippen LogP contribution in [0.15, 0.2) is 35.7 Å². The van der Waals surface area contributed by atoms with E-state index in [1.165, 1.54) is 17.0 Å². The predicted molar refractivity (Wildman–Crippen MR) is 114 cm³/mol. The summed E-state index contributed by atoms with van der Waals surface area (Å²) in [6.07, 6.45) is 3.92. The van der Waals surface area contributed by atoms with Gasteiger partial charge in [-0.25, -0.2) is 4.39 Å². The van der Waals surface area contributed by atoms with Crippen LogP contribution in [-0.2, 0) is 16.0 Å². The van der Waals surface area contributed by atoms with E-state index in [0.717, 1.165) is 36.8 Å². The second-order valence-electron chi connectivity index (χ2n) is 7.51. The zero-order valence-corrected chi connectivity index (χ0v) is 18.0. The van der Waals surface area contributed by atoms with Crippen molar-refractivity contribution in [1.29, 1.82) is 0 Å². The van der Waals surface area contributed by atoms with Crippen molar-refractivity contribution in [1.82, 2.24) is 9.80 Å². The average Bonchev–Trinajstić information content (AvgIpc) is 3.20. The molecule has 2 heterocycles. The van der Waals surface area contributed by atoms with Crippen molar-refractivity contribution >= 4 is 23.2 Å². The van der Waals surface area contributed by atoms with Crippen LogP contribution >= 0.6 is 11.3 Å². The number of carbonyl (C=O) groups excluding carboxylic acids is 2. The first-order chi connectivity index (χ1) is 14.0. The minimum absolute atomic E-state index is 0.0425. The Balaban J connectivity index is 1.85. The number of halogens is 1. The third-order valence-electron chi connectivity index (χ3n) is 5.40. The van der Waals surface area contributed by atoms with E-state index in [2.05, 4.69) is 13.0 Å². The first-order valence-corrected chi connectivity index (χ1v) is 11.3. The molecule has 2 aromatic rings. The van der Waals surface area contributed by atoms with Gasteiger partial charge in [0.15, 0.2) is 0 Å². The van der Waals surface area contributed by atoms with Gasteiger partial charge in [0, 0.05) is 24.4 Å². The molecule has 0 radical (unpaired) electrons. The van der Waals surface area contributed by atoms with Gasteiger partial charge in [-0.1, -0.05) is 32.4 Å². The highest BCUT2D eigenvalue weighted by Crippen LogP contribution is 2.37. The molecule has 2 amide bonds. The SMILES string of the molecule is CCCCN(CC(=O)N1CCc2sccc2[C@@H]1c1ccc(F)cc1)C(=O)CCC. The van der Waals surface area contributed by atoms with Crippen LogP contribution in [0.25, 0.3) is 0 Å². The lowest BCUT2D eigenvalue weighted by atomic mass is 9.93. The molecule has 6 heteroatoms. The molecule has 29 heavy (non-hydrogen) atoms. The molecule has 0 spiro atoms. The van der Waals surface area contributed by atoms with Crippen LogP contribution in [-0.4, -0.2) is 41.2 Å². The third-order valence-corrected chi connectivity index (χ3v) is 6.39. The highest BCUT2D eigenvalue weighted by Gasteiger charge is 2.33. The van der Waals surface area contributed by atoms with Crippen LogP contribution < -0.4 is 0 Å². The molecule has 3 rings (SSSR count). The fourth-order valence-corrected chi connectivity index (χ4v) is 4.76. The molecule has 1 aromatic heterocycles. The molecule has 4 nitrogen and oxygen atoms in total. The van der Waals surface area contributed by atoms with Gasteiger partial charge >= 0.3 is 0 Å². The van der Waals surface area contributed by atoms with E-state index in [1.54, 1.807) is 28.4 Å². The zero-order valence-electron chi connectivity index (χ0n) is 17.2. The van der Waals surface area contributed by atoms with Crippen LogP contribution in [0.3, 0.4) is 0 Å². The number of hydrogen-bond donors (Lipinski definition) is 0. The molecular formula is C23H29FN2O2S. The largest absolute Gasteiger partial charge is 0.333 e. The number of hydrogen-bond acceptors (Lipinski definition) is 3. The van der Waals surface area contributed by atoms with Crippen molar-refractivity contribution in [2.45, 2.75) is 52.0 Å². The maximum absolute atomic E-state index is 13.5. The number of nitrogens with zero attached hydrogens (tertiary/aromatic N) is 2. The van der Waals surface area contributed by atoms with Gasteiger partial charge in [-0.05, 0) is 54.0 Å². The smallest absolute Gasteiger partial charge is 0.242 e. The summed E-state index contributed by atoms with van der Waals surface area (Å²) in [4.78, 5) is 30.7. The zero-order chi connectivity index (χ0) is 20.8. The molecule has 0 bridgehead atoms. The molecule has 0 fully saturated rings.